The second-order valence-corrected chi connectivity index (χ2v) is 18.5. The second kappa shape index (κ2) is 53.7. The van der Waals surface area contributed by atoms with E-state index in [-0.39, 0.29) is 37.5 Å². The molecule has 0 saturated heterocycles. The molecule has 0 aromatic carbocycles. The molecule has 6 nitrogen and oxygen atoms in total. The van der Waals surface area contributed by atoms with Gasteiger partial charge in [-0.05, 0) is 83.5 Å². The molecule has 0 unspecified atom stereocenters. The summed E-state index contributed by atoms with van der Waals surface area (Å²) >= 11 is 0. The van der Waals surface area contributed by atoms with Crippen molar-refractivity contribution in [3.8, 4) is 0 Å². The zero-order chi connectivity index (χ0) is 47.2. The van der Waals surface area contributed by atoms with Crippen LogP contribution >= 0.6 is 0 Å². The average molecular weight is 909 g/mol. The number of allylic oxidation sites excluding steroid dienone is 10. The van der Waals surface area contributed by atoms with Gasteiger partial charge in [-0.15, -0.1) is 0 Å². The SMILES string of the molecule is CCCCC/C=C\C/C=C\C/C=C\C/C=C\CCCC(=O)O[C@@H](COC(=O)CCCCCCC/C=C\CCCCCCCC)COC(=O)CCCCCCCCCCCCCCCCC. The number of hydrogen-bond acceptors (Lipinski definition) is 6. The molecule has 0 aliphatic rings. The molecular formula is C59H104O6. The van der Waals surface area contributed by atoms with Crippen LogP contribution in [-0.2, 0) is 28.6 Å². The van der Waals surface area contributed by atoms with Crippen LogP contribution in [0.3, 0.4) is 0 Å². The first-order chi connectivity index (χ1) is 32.0. The minimum absolute atomic E-state index is 0.0961. The highest BCUT2D eigenvalue weighted by Crippen LogP contribution is 2.15. The van der Waals surface area contributed by atoms with E-state index in [9.17, 15) is 14.4 Å². The lowest BCUT2D eigenvalue weighted by atomic mass is 10.0. The third-order valence-electron chi connectivity index (χ3n) is 12.0. The zero-order valence-corrected chi connectivity index (χ0v) is 43.0. The van der Waals surface area contributed by atoms with Crippen molar-refractivity contribution in [2.45, 2.75) is 284 Å². The Morgan fingerprint density at radius 3 is 0.954 bits per heavy atom. The fraction of sp³-hybridized carbons (Fsp3) is 0.780. The Morgan fingerprint density at radius 1 is 0.308 bits per heavy atom. The Hall–Kier alpha value is -2.89. The molecule has 0 amide bonds. The van der Waals surface area contributed by atoms with Crippen LogP contribution in [0.15, 0.2) is 60.8 Å². The summed E-state index contributed by atoms with van der Waals surface area (Å²) in [6.07, 6.45) is 66.4. The van der Waals surface area contributed by atoms with E-state index in [4.69, 9.17) is 14.2 Å². The molecule has 376 valence electrons. The molecule has 0 aromatic rings. The van der Waals surface area contributed by atoms with Crippen molar-refractivity contribution in [2.24, 2.45) is 0 Å². The van der Waals surface area contributed by atoms with E-state index in [0.29, 0.717) is 19.3 Å². The van der Waals surface area contributed by atoms with E-state index in [1.165, 1.54) is 161 Å². The highest BCUT2D eigenvalue weighted by molar-refractivity contribution is 5.71. The van der Waals surface area contributed by atoms with Crippen molar-refractivity contribution < 1.29 is 28.6 Å². The van der Waals surface area contributed by atoms with Crippen LogP contribution in [-0.4, -0.2) is 37.2 Å². The zero-order valence-electron chi connectivity index (χ0n) is 43.0. The van der Waals surface area contributed by atoms with Gasteiger partial charge in [-0.3, -0.25) is 14.4 Å². The fourth-order valence-electron chi connectivity index (χ4n) is 7.78. The number of ether oxygens (including phenoxy) is 3. The summed E-state index contributed by atoms with van der Waals surface area (Å²) in [6, 6.07) is 0. The molecule has 0 aromatic heterocycles. The molecule has 0 radical (unpaired) electrons. The smallest absolute Gasteiger partial charge is 0.306 e. The Balaban J connectivity index is 4.47. The van der Waals surface area contributed by atoms with Gasteiger partial charge in [0.05, 0.1) is 0 Å². The summed E-state index contributed by atoms with van der Waals surface area (Å²) in [5, 5.41) is 0. The quantitative estimate of drug-likeness (QED) is 0.0262. The maximum atomic E-state index is 12.8. The lowest BCUT2D eigenvalue weighted by Gasteiger charge is -2.18. The number of rotatable bonds is 50. The van der Waals surface area contributed by atoms with Gasteiger partial charge in [0.25, 0.3) is 0 Å². The minimum Gasteiger partial charge on any atom is -0.462 e. The first-order valence-corrected chi connectivity index (χ1v) is 27.8. The number of unbranched alkanes of at least 4 members (excludes halogenated alkanes) is 29. The van der Waals surface area contributed by atoms with Crippen LogP contribution in [0.4, 0.5) is 0 Å². The van der Waals surface area contributed by atoms with Gasteiger partial charge in [0.2, 0.25) is 0 Å². The van der Waals surface area contributed by atoms with E-state index in [1.807, 2.05) is 0 Å². The molecule has 65 heavy (non-hydrogen) atoms. The molecule has 0 rings (SSSR count). The Bertz CT molecular complexity index is 1180. The fourth-order valence-corrected chi connectivity index (χ4v) is 7.78. The van der Waals surface area contributed by atoms with Crippen LogP contribution in [0, 0.1) is 0 Å². The third kappa shape index (κ3) is 51.9. The summed E-state index contributed by atoms with van der Waals surface area (Å²) in [4.78, 5) is 38.1. The number of carbonyl (C=O) groups excluding carboxylic acids is 3. The van der Waals surface area contributed by atoms with Gasteiger partial charge >= 0.3 is 17.9 Å². The van der Waals surface area contributed by atoms with Crippen molar-refractivity contribution in [1.29, 1.82) is 0 Å². The first kappa shape index (κ1) is 62.1. The summed E-state index contributed by atoms with van der Waals surface area (Å²) in [7, 11) is 0. The highest BCUT2D eigenvalue weighted by Gasteiger charge is 2.19. The number of hydrogen-bond donors (Lipinski definition) is 0. The van der Waals surface area contributed by atoms with Crippen molar-refractivity contribution in [1.82, 2.24) is 0 Å². The Kier molecular flexibility index (Phi) is 51.3. The molecular weight excluding hydrogens is 805 g/mol. The largest absolute Gasteiger partial charge is 0.462 e. The van der Waals surface area contributed by atoms with Crippen molar-refractivity contribution in [2.75, 3.05) is 13.2 Å². The molecule has 6 heteroatoms. The number of esters is 3. The van der Waals surface area contributed by atoms with E-state index in [2.05, 4.69) is 81.5 Å². The standard InChI is InChI=1S/C59H104O6/c1-4-7-10-13-16-19-22-25-28-29-32-35-38-41-44-47-50-53-59(62)65-56(54-63-57(60)51-48-45-42-39-36-33-30-26-23-20-17-14-11-8-5-2)55-64-58(61)52-49-46-43-40-37-34-31-27-24-21-18-15-12-9-6-3/h16,19,25-26,28,30,32,35,41,44,56H,4-15,17-18,20-24,27,29,31,33-34,36-40,42-43,45-55H2,1-3H3/b19-16-,28-25-,30-26-,35-32-,44-41-/t56-/m0/s1. The topological polar surface area (TPSA) is 78.9 Å². The maximum Gasteiger partial charge on any atom is 0.306 e. The number of carbonyl (C=O) groups is 3. The lowest BCUT2D eigenvalue weighted by molar-refractivity contribution is -0.167. The van der Waals surface area contributed by atoms with E-state index in [1.54, 1.807) is 0 Å². The second-order valence-electron chi connectivity index (χ2n) is 18.5. The monoisotopic (exact) mass is 909 g/mol. The molecule has 0 spiro atoms. The van der Waals surface area contributed by atoms with Gasteiger partial charge in [-0.2, -0.15) is 0 Å². The van der Waals surface area contributed by atoms with E-state index < -0.39 is 6.10 Å². The van der Waals surface area contributed by atoms with Gasteiger partial charge in [-0.25, -0.2) is 0 Å². The van der Waals surface area contributed by atoms with Crippen LogP contribution in [0.2, 0.25) is 0 Å². The van der Waals surface area contributed by atoms with Gasteiger partial charge in [0.1, 0.15) is 13.2 Å². The predicted molar refractivity (Wildman–Crippen MR) is 279 cm³/mol. The maximum absolute atomic E-state index is 12.8. The first-order valence-electron chi connectivity index (χ1n) is 27.8. The summed E-state index contributed by atoms with van der Waals surface area (Å²) in [5.41, 5.74) is 0. The minimum atomic E-state index is -0.804. The normalized spacial score (nSPS) is 12.5. The average Bonchev–Trinajstić information content (AvgIpc) is 3.30. The van der Waals surface area contributed by atoms with Gasteiger partial charge < -0.3 is 14.2 Å². The molecule has 0 bridgehead atoms. The summed E-state index contributed by atoms with van der Waals surface area (Å²) in [5.74, 6) is -0.952. The van der Waals surface area contributed by atoms with Crippen LogP contribution in [0.5, 0.6) is 0 Å². The molecule has 0 aliphatic heterocycles. The molecule has 0 heterocycles. The molecule has 1 atom stereocenters. The summed E-state index contributed by atoms with van der Waals surface area (Å²) in [6.45, 7) is 6.57. The molecule has 0 saturated carbocycles. The molecule has 0 fully saturated rings. The van der Waals surface area contributed by atoms with E-state index >= 15 is 0 Å². The predicted octanol–water partition coefficient (Wildman–Crippen LogP) is 18.4. The van der Waals surface area contributed by atoms with Crippen LogP contribution < -0.4 is 0 Å². The van der Waals surface area contributed by atoms with Gasteiger partial charge in [0, 0.05) is 19.3 Å². The van der Waals surface area contributed by atoms with Crippen molar-refractivity contribution in [3.05, 3.63) is 60.8 Å². The Labute approximate surface area is 402 Å². The molecule has 0 aliphatic carbocycles. The van der Waals surface area contributed by atoms with E-state index in [0.717, 1.165) is 70.6 Å². The van der Waals surface area contributed by atoms with Crippen LogP contribution in [0.1, 0.15) is 278 Å². The van der Waals surface area contributed by atoms with Crippen molar-refractivity contribution >= 4 is 17.9 Å². The van der Waals surface area contributed by atoms with Gasteiger partial charge in [0.15, 0.2) is 6.10 Å². The third-order valence-corrected chi connectivity index (χ3v) is 12.0. The summed E-state index contributed by atoms with van der Waals surface area (Å²) < 4.78 is 16.8. The highest BCUT2D eigenvalue weighted by atomic mass is 16.6. The van der Waals surface area contributed by atoms with Crippen molar-refractivity contribution in [3.63, 3.8) is 0 Å². The lowest BCUT2D eigenvalue weighted by Crippen LogP contribution is -2.30. The van der Waals surface area contributed by atoms with Crippen LogP contribution in [0.25, 0.3) is 0 Å². The molecule has 0 N–H and O–H groups in total. The Morgan fingerprint density at radius 2 is 0.569 bits per heavy atom. The van der Waals surface area contributed by atoms with Gasteiger partial charge in [-0.1, -0.05) is 236 Å².